The lowest BCUT2D eigenvalue weighted by Gasteiger charge is -2.02. The lowest BCUT2D eigenvalue weighted by molar-refractivity contribution is 0.665. The van der Waals surface area contributed by atoms with Crippen LogP contribution in [0.4, 0.5) is 0 Å². The van der Waals surface area contributed by atoms with Crippen LogP contribution in [0.15, 0.2) is 25.2 Å². The number of hydrogen-bond acceptors (Lipinski definition) is 2. The highest BCUT2D eigenvalue weighted by Crippen LogP contribution is 2.26. The fourth-order valence-corrected chi connectivity index (χ4v) is 2.84. The number of aryl methyl sites for hydroxylation is 1. The molecule has 0 aromatic carbocycles. The molecule has 2 aromatic heterocycles. The highest BCUT2D eigenvalue weighted by atomic mass is 127. The van der Waals surface area contributed by atoms with Crippen LogP contribution in [0.1, 0.15) is 12.8 Å². The van der Waals surface area contributed by atoms with Crippen LogP contribution in [0.5, 0.6) is 0 Å². The first-order valence-corrected chi connectivity index (χ1v) is 6.45. The van der Waals surface area contributed by atoms with Crippen molar-refractivity contribution in [3.63, 3.8) is 0 Å². The van der Waals surface area contributed by atoms with Gasteiger partial charge in [-0.2, -0.15) is 0 Å². The number of hydrogen-bond donors (Lipinski definition) is 0. The van der Waals surface area contributed by atoms with Gasteiger partial charge in [-0.3, -0.25) is 0 Å². The minimum absolute atomic E-state index is 0.525. The van der Waals surface area contributed by atoms with Gasteiger partial charge in [-0.05, 0) is 35.4 Å². The fraction of sp³-hybridized carbons (Fsp3) is 0.273. The van der Waals surface area contributed by atoms with E-state index in [1.165, 1.54) is 6.33 Å². The zero-order chi connectivity index (χ0) is 11.5. The van der Waals surface area contributed by atoms with Gasteiger partial charge in [-0.1, -0.05) is 17.7 Å². The van der Waals surface area contributed by atoms with Crippen LogP contribution in [-0.2, 0) is 6.54 Å². The Labute approximate surface area is 113 Å². The zero-order valence-corrected chi connectivity index (χ0v) is 11.6. The summed E-state index contributed by atoms with van der Waals surface area (Å²) in [4.78, 5) is 8.28. The van der Waals surface area contributed by atoms with Crippen LogP contribution in [0.2, 0.25) is 5.15 Å². The number of aromatic nitrogens is 3. The Bertz CT molecular complexity index is 521. The van der Waals surface area contributed by atoms with E-state index in [9.17, 15) is 0 Å². The molecule has 0 aliphatic heterocycles. The van der Waals surface area contributed by atoms with Crippen molar-refractivity contribution in [2.45, 2.75) is 19.4 Å². The number of nitrogens with zero attached hydrogens (tertiary/aromatic N) is 3. The van der Waals surface area contributed by atoms with E-state index in [2.05, 4.69) is 49.9 Å². The third-order valence-electron chi connectivity index (χ3n) is 2.37. The Kier molecular flexibility index (Phi) is 3.81. The van der Waals surface area contributed by atoms with Gasteiger partial charge in [0.15, 0.2) is 0 Å². The minimum Gasteiger partial charge on any atom is -0.331 e. The summed E-state index contributed by atoms with van der Waals surface area (Å²) in [7, 11) is 0. The molecule has 0 saturated heterocycles. The Morgan fingerprint density at radius 2 is 2.31 bits per heavy atom. The van der Waals surface area contributed by atoms with Crippen molar-refractivity contribution in [1.29, 1.82) is 0 Å². The molecule has 0 aliphatic carbocycles. The van der Waals surface area contributed by atoms with E-state index in [0.29, 0.717) is 5.15 Å². The molecule has 84 valence electrons. The van der Waals surface area contributed by atoms with Crippen molar-refractivity contribution in [2.75, 3.05) is 0 Å². The minimum atomic E-state index is 0.525. The van der Waals surface area contributed by atoms with Gasteiger partial charge in [-0.15, -0.1) is 6.58 Å². The standard InChI is InChI=1S/C11H11ClIN3/c1-2-3-4-5-16-6-8(13)9-10(12)14-7-15-11(9)16/h2,6-7H,1,3-5H2. The monoisotopic (exact) mass is 347 g/mol. The first kappa shape index (κ1) is 11.9. The van der Waals surface area contributed by atoms with E-state index in [0.717, 1.165) is 34.0 Å². The molecule has 16 heavy (non-hydrogen) atoms. The summed E-state index contributed by atoms with van der Waals surface area (Å²) < 4.78 is 3.21. The number of halogens is 2. The summed E-state index contributed by atoms with van der Waals surface area (Å²) in [5, 5.41) is 1.47. The van der Waals surface area contributed by atoms with Gasteiger partial charge < -0.3 is 4.57 Å². The molecule has 0 unspecified atom stereocenters. The summed E-state index contributed by atoms with van der Waals surface area (Å²) in [5.41, 5.74) is 0.911. The van der Waals surface area contributed by atoms with Crippen LogP contribution in [0, 0.1) is 3.57 Å². The van der Waals surface area contributed by atoms with Crippen molar-refractivity contribution in [1.82, 2.24) is 14.5 Å². The number of unbranched alkanes of at least 4 members (excludes halogenated alkanes) is 1. The summed E-state index contributed by atoms with van der Waals surface area (Å²) >= 11 is 8.31. The first-order chi connectivity index (χ1) is 7.74. The molecule has 0 fully saturated rings. The van der Waals surface area contributed by atoms with Crippen LogP contribution < -0.4 is 0 Å². The third kappa shape index (κ3) is 2.22. The van der Waals surface area contributed by atoms with E-state index >= 15 is 0 Å². The van der Waals surface area contributed by atoms with Crippen molar-refractivity contribution in [3.8, 4) is 0 Å². The van der Waals surface area contributed by atoms with Gasteiger partial charge >= 0.3 is 0 Å². The second kappa shape index (κ2) is 5.14. The van der Waals surface area contributed by atoms with Crippen molar-refractivity contribution < 1.29 is 0 Å². The molecular formula is C11H11ClIN3. The maximum atomic E-state index is 6.05. The van der Waals surface area contributed by atoms with Gasteiger partial charge in [0.1, 0.15) is 17.1 Å². The summed E-state index contributed by atoms with van der Waals surface area (Å²) in [6, 6.07) is 0. The van der Waals surface area contributed by atoms with Gasteiger partial charge in [0.05, 0.1) is 5.39 Å². The van der Waals surface area contributed by atoms with Gasteiger partial charge in [0.25, 0.3) is 0 Å². The molecule has 0 saturated carbocycles. The number of allylic oxidation sites excluding steroid dienone is 1. The van der Waals surface area contributed by atoms with Crippen LogP contribution in [0.25, 0.3) is 11.0 Å². The Morgan fingerprint density at radius 3 is 3.06 bits per heavy atom. The van der Waals surface area contributed by atoms with E-state index in [4.69, 9.17) is 11.6 Å². The molecule has 0 bridgehead atoms. The predicted molar refractivity (Wildman–Crippen MR) is 74.7 cm³/mol. The third-order valence-corrected chi connectivity index (χ3v) is 3.47. The lowest BCUT2D eigenvalue weighted by atomic mass is 10.3. The van der Waals surface area contributed by atoms with Crippen molar-refractivity contribution in [3.05, 3.63) is 33.9 Å². The van der Waals surface area contributed by atoms with E-state index in [1.54, 1.807) is 0 Å². The second-order valence-electron chi connectivity index (χ2n) is 3.46. The maximum absolute atomic E-state index is 6.05. The lowest BCUT2D eigenvalue weighted by Crippen LogP contribution is -1.97. The van der Waals surface area contributed by atoms with Crippen molar-refractivity contribution in [2.24, 2.45) is 0 Å². The molecule has 3 nitrogen and oxygen atoms in total. The fourth-order valence-electron chi connectivity index (χ4n) is 1.62. The molecule has 0 aliphatic rings. The molecule has 0 spiro atoms. The summed E-state index contributed by atoms with van der Waals surface area (Å²) in [6.07, 6.45) is 7.57. The molecule has 5 heteroatoms. The number of fused-ring (bicyclic) bond motifs is 1. The molecule has 0 N–H and O–H groups in total. The van der Waals surface area contributed by atoms with Gasteiger partial charge in [0, 0.05) is 16.3 Å². The van der Waals surface area contributed by atoms with E-state index in [1.807, 2.05) is 6.08 Å². The van der Waals surface area contributed by atoms with Crippen molar-refractivity contribution >= 4 is 45.2 Å². The van der Waals surface area contributed by atoms with Crippen LogP contribution in [-0.4, -0.2) is 14.5 Å². The quantitative estimate of drug-likeness (QED) is 0.366. The summed E-state index contributed by atoms with van der Waals surface area (Å²) in [6.45, 7) is 4.65. The highest BCUT2D eigenvalue weighted by molar-refractivity contribution is 14.1. The average molecular weight is 348 g/mol. The smallest absolute Gasteiger partial charge is 0.145 e. The Morgan fingerprint density at radius 1 is 1.50 bits per heavy atom. The molecule has 0 atom stereocenters. The number of rotatable bonds is 4. The van der Waals surface area contributed by atoms with Crippen LogP contribution >= 0.6 is 34.2 Å². The Hall–Kier alpha value is -0.620. The van der Waals surface area contributed by atoms with E-state index < -0.39 is 0 Å². The molecular weight excluding hydrogens is 336 g/mol. The second-order valence-corrected chi connectivity index (χ2v) is 4.98. The maximum Gasteiger partial charge on any atom is 0.145 e. The zero-order valence-electron chi connectivity index (χ0n) is 8.66. The van der Waals surface area contributed by atoms with E-state index in [-0.39, 0.29) is 0 Å². The first-order valence-electron chi connectivity index (χ1n) is 4.99. The largest absolute Gasteiger partial charge is 0.331 e. The molecule has 2 rings (SSSR count). The summed E-state index contributed by atoms with van der Waals surface area (Å²) in [5.74, 6) is 0. The van der Waals surface area contributed by atoms with Gasteiger partial charge in [0.2, 0.25) is 0 Å². The normalized spacial score (nSPS) is 10.9. The predicted octanol–water partition coefficient (Wildman–Crippen LogP) is 3.66. The molecule has 2 heterocycles. The molecule has 0 amide bonds. The topological polar surface area (TPSA) is 30.7 Å². The molecule has 0 radical (unpaired) electrons. The molecule has 2 aromatic rings. The average Bonchev–Trinajstić information content (AvgIpc) is 2.58. The van der Waals surface area contributed by atoms with Crippen LogP contribution in [0.3, 0.4) is 0 Å². The Balaban J connectivity index is 2.39. The highest BCUT2D eigenvalue weighted by Gasteiger charge is 2.11. The SMILES string of the molecule is C=CCCCn1cc(I)c2c(Cl)ncnc21. The van der Waals surface area contributed by atoms with Gasteiger partial charge in [-0.25, -0.2) is 9.97 Å².